The van der Waals surface area contributed by atoms with Gasteiger partial charge < -0.3 is 10.6 Å². The third-order valence-electron chi connectivity index (χ3n) is 5.21. The molecule has 29 heavy (non-hydrogen) atoms. The largest absolute Gasteiger partial charge is 0.323 e. The van der Waals surface area contributed by atoms with E-state index in [0.717, 1.165) is 31.9 Å². The zero-order valence-electron chi connectivity index (χ0n) is 17.6. The van der Waals surface area contributed by atoms with E-state index in [1.165, 1.54) is 0 Å². The van der Waals surface area contributed by atoms with E-state index in [9.17, 15) is 9.18 Å². The summed E-state index contributed by atoms with van der Waals surface area (Å²) in [4.78, 5) is 21.0. The molecule has 1 fully saturated rings. The van der Waals surface area contributed by atoms with Crippen LogP contribution >= 0.6 is 0 Å². The number of nitrogens with one attached hydrogen (secondary N) is 2. The number of carbonyl (C=O) groups is 1. The van der Waals surface area contributed by atoms with Crippen LogP contribution < -0.4 is 10.6 Å². The average Bonchev–Trinajstić information content (AvgIpc) is 2.66. The van der Waals surface area contributed by atoms with Crippen LogP contribution in [0.15, 0.2) is 36.5 Å². The molecule has 1 aromatic carbocycles. The first-order valence-corrected chi connectivity index (χ1v) is 9.98. The van der Waals surface area contributed by atoms with Crippen LogP contribution in [0.2, 0.25) is 0 Å². The molecule has 6 nitrogen and oxygen atoms in total. The highest BCUT2D eigenvalue weighted by molar-refractivity contribution is 5.99. The van der Waals surface area contributed by atoms with E-state index in [2.05, 4.69) is 46.2 Å². The van der Waals surface area contributed by atoms with Crippen molar-refractivity contribution in [2.75, 3.05) is 36.8 Å². The number of urea groups is 1. The predicted molar refractivity (Wildman–Crippen MR) is 115 cm³/mol. The fraction of sp³-hybridized carbons (Fsp3) is 0.455. The van der Waals surface area contributed by atoms with E-state index < -0.39 is 6.03 Å². The van der Waals surface area contributed by atoms with Crippen molar-refractivity contribution in [3.8, 4) is 0 Å². The summed E-state index contributed by atoms with van der Waals surface area (Å²) in [5, 5.41) is 5.27. The van der Waals surface area contributed by atoms with Crippen molar-refractivity contribution in [1.29, 1.82) is 0 Å². The number of piperazine rings is 1. The first kappa shape index (κ1) is 21.2. The van der Waals surface area contributed by atoms with Crippen molar-refractivity contribution in [3.05, 3.63) is 53.6 Å². The maximum absolute atomic E-state index is 15.0. The minimum Gasteiger partial charge on any atom is -0.306 e. The van der Waals surface area contributed by atoms with Gasteiger partial charge in [0.1, 0.15) is 0 Å². The summed E-state index contributed by atoms with van der Waals surface area (Å²) in [6.07, 6.45) is 1.57. The lowest BCUT2D eigenvalue weighted by Crippen LogP contribution is -2.53. The molecule has 0 saturated carbocycles. The number of rotatable bonds is 4. The molecule has 2 N–H and O–H groups in total. The highest BCUT2D eigenvalue weighted by Crippen LogP contribution is 2.22. The number of nitrogens with zero attached hydrogens (tertiary/aromatic N) is 3. The quantitative estimate of drug-likeness (QED) is 0.813. The van der Waals surface area contributed by atoms with Gasteiger partial charge in [0, 0.05) is 49.5 Å². The Morgan fingerprint density at radius 2 is 1.83 bits per heavy atom. The maximum Gasteiger partial charge on any atom is 0.323 e. The molecular formula is C22H30FN5O. The number of aryl methyl sites for hydroxylation is 1. The molecule has 2 heterocycles. The summed E-state index contributed by atoms with van der Waals surface area (Å²) in [5.74, 6) is -0.386. The van der Waals surface area contributed by atoms with E-state index in [4.69, 9.17) is 0 Å². The number of amides is 2. The summed E-state index contributed by atoms with van der Waals surface area (Å²) < 4.78 is 15.0. The summed E-state index contributed by atoms with van der Waals surface area (Å²) in [6.45, 7) is 12.8. The summed E-state index contributed by atoms with van der Waals surface area (Å²) >= 11 is 0. The van der Waals surface area contributed by atoms with Crippen LogP contribution in [0.1, 0.15) is 32.0 Å². The molecule has 156 valence electrons. The van der Waals surface area contributed by atoms with E-state index in [0.29, 0.717) is 17.8 Å². The topological polar surface area (TPSA) is 60.5 Å². The Hall–Kier alpha value is -2.51. The zero-order chi connectivity index (χ0) is 21.0. The zero-order valence-corrected chi connectivity index (χ0v) is 17.6. The van der Waals surface area contributed by atoms with Gasteiger partial charge in [0.2, 0.25) is 0 Å². The van der Waals surface area contributed by atoms with Crippen LogP contribution in [0.3, 0.4) is 0 Å². The van der Waals surface area contributed by atoms with Gasteiger partial charge in [-0.15, -0.1) is 0 Å². The third kappa shape index (κ3) is 5.74. The molecule has 2 aromatic rings. The second kappa shape index (κ2) is 8.88. The average molecular weight is 400 g/mol. The molecule has 1 aromatic heterocycles. The lowest BCUT2D eigenvalue weighted by Gasteiger charge is -2.42. The van der Waals surface area contributed by atoms with E-state index >= 15 is 0 Å². The van der Waals surface area contributed by atoms with Gasteiger partial charge in [-0.3, -0.25) is 14.8 Å². The van der Waals surface area contributed by atoms with Crippen LogP contribution in [0, 0.1) is 12.7 Å². The molecule has 2 amide bonds. The maximum atomic E-state index is 15.0. The Labute approximate surface area is 172 Å². The molecule has 0 atom stereocenters. The highest BCUT2D eigenvalue weighted by Gasteiger charge is 2.26. The molecule has 3 rings (SSSR count). The van der Waals surface area contributed by atoms with Crippen molar-refractivity contribution in [1.82, 2.24) is 14.8 Å². The molecular weight excluding hydrogens is 369 g/mol. The second-order valence-corrected chi connectivity index (χ2v) is 8.48. The fourth-order valence-corrected chi connectivity index (χ4v) is 3.44. The number of aromatic nitrogens is 1. The van der Waals surface area contributed by atoms with Gasteiger partial charge in [0.15, 0.2) is 5.82 Å². The molecule has 0 unspecified atom stereocenters. The van der Waals surface area contributed by atoms with E-state index in [1.54, 1.807) is 36.5 Å². The van der Waals surface area contributed by atoms with Gasteiger partial charge in [-0.05, 0) is 45.9 Å². The SMILES string of the molecule is Cc1ccc(NC(=O)Nc2cccc(CN3CCN(C(C)(C)C)CC3)c2F)cn1. The fourth-order valence-electron chi connectivity index (χ4n) is 3.44. The Bertz CT molecular complexity index is 839. The number of carbonyl (C=O) groups excluding carboxylic acids is 1. The van der Waals surface area contributed by atoms with Gasteiger partial charge in [-0.2, -0.15) is 0 Å². The Morgan fingerprint density at radius 3 is 2.45 bits per heavy atom. The van der Waals surface area contributed by atoms with Crippen molar-refractivity contribution in [3.63, 3.8) is 0 Å². The number of halogens is 1. The second-order valence-electron chi connectivity index (χ2n) is 8.48. The first-order chi connectivity index (χ1) is 13.7. The molecule has 1 aliphatic rings. The van der Waals surface area contributed by atoms with Gasteiger partial charge in [-0.1, -0.05) is 12.1 Å². The predicted octanol–water partition coefficient (Wildman–Crippen LogP) is 4.09. The normalized spacial score (nSPS) is 15.9. The van der Waals surface area contributed by atoms with Crippen LogP contribution in [0.5, 0.6) is 0 Å². The lowest BCUT2D eigenvalue weighted by molar-refractivity contribution is 0.0586. The van der Waals surface area contributed by atoms with Gasteiger partial charge in [0.25, 0.3) is 0 Å². The Balaban J connectivity index is 1.59. The van der Waals surface area contributed by atoms with Crippen LogP contribution in [0.25, 0.3) is 0 Å². The molecule has 1 saturated heterocycles. The minimum absolute atomic E-state index is 0.154. The monoisotopic (exact) mass is 399 g/mol. The molecule has 0 aliphatic carbocycles. The van der Waals surface area contributed by atoms with Gasteiger partial charge >= 0.3 is 6.03 Å². The van der Waals surface area contributed by atoms with Crippen molar-refractivity contribution in [2.24, 2.45) is 0 Å². The summed E-state index contributed by atoms with van der Waals surface area (Å²) in [7, 11) is 0. The number of hydrogen-bond acceptors (Lipinski definition) is 4. The molecule has 0 bridgehead atoms. The third-order valence-corrected chi connectivity index (χ3v) is 5.21. The number of benzene rings is 1. The van der Waals surface area contributed by atoms with Crippen LogP contribution in [-0.2, 0) is 6.54 Å². The minimum atomic E-state index is -0.495. The summed E-state index contributed by atoms with van der Waals surface area (Å²) in [5.41, 5.74) is 2.33. The van der Waals surface area contributed by atoms with Crippen molar-refractivity contribution in [2.45, 2.75) is 39.8 Å². The van der Waals surface area contributed by atoms with Crippen LogP contribution in [0.4, 0.5) is 20.6 Å². The highest BCUT2D eigenvalue weighted by atomic mass is 19.1. The van der Waals surface area contributed by atoms with Crippen LogP contribution in [-0.4, -0.2) is 52.5 Å². The number of anilines is 2. The van der Waals surface area contributed by atoms with E-state index in [1.807, 2.05) is 6.92 Å². The smallest absolute Gasteiger partial charge is 0.306 e. The number of pyridine rings is 1. The first-order valence-electron chi connectivity index (χ1n) is 9.98. The van der Waals surface area contributed by atoms with Crippen molar-refractivity contribution >= 4 is 17.4 Å². The standard InChI is InChI=1S/C22H30FN5O/c1-16-8-9-18(14-24-16)25-21(29)26-19-7-5-6-17(20(19)23)15-27-10-12-28(13-11-27)22(2,3)4/h5-9,14H,10-13,15H2,1-4H3,(H2,25,26,29). The molecule has 0 radical (unpaired) electrons. The lowest BCUT2D eigenvalue weighted by atomic mass is 10.0. The number of hydrogen-bond donors (Lipinski definition) is 2. The van der Waals surface area contributed by atoms with Crippen molar-refractivity contribution < 1.29 is 9.18 Å². The summed E-state index contributed by atoms with van der Waals surface area (Å²) in [6, 6.07) is 8.18. The van der Waals surface area contributed by atoms with Gasteiger partial charge in [0.05, 0.1) is 17.6 Å². The van der Waals surface area contributed by atoms with Gasteiger partial charge in [-0.25, -0.2) is 9.18 Å². The Morgan fingerprint density at radius 1 is 1.10 bits per heavy atom. The van der Waals surface area contributed by atoms with E-state index in [-0.39, 0.29) is 17.0 Å². The Kier molecular flexibility index (Phi) is 6.49. The molecule has 7 heteroatoms. The molecule has 0 spiro atoms. The molecule has 1 aliphatic heterocycles.